The fourth-order valence-electron chi connectivity index (χ4n) is 3.02. The Bertz CT molecular complexity index is 789. The molecule has 1 aliphatic heterocycles. The van der Waals surface area contributed by atoms with Crippen LogP contribution in [0.1, 0.15) is 40.5 Å². The number of hydrogen-bond acceptors (Lipinski definition) is 3. The first-order valence-electron chi connectivity index (χ1n) is 7.46. The summed E-state index contributed by atoms with van der Waals surface area (Å²) >= 11 is 0. The maximum Gasteiger partial charge on any atom is 0.258 e. The minimum absolute atomic E-state index is 0.0733. The van der Waals surface area contributed by atoms with Crippen molar-refractivity contribution in [1.29, 1.82) is 5.26 Å². The van der Waals surface area contributed by atoms with Crippen LogP contribution in [0.25, 0.3) is 0 Å². The molecule has 4 rings (SSSR count). The number of benzene rings is 2. The number of rotatable bonds is 2. The first-order valence-corrected chi connectivity index (χ1v) is 7.46. The van der Waals surface area contributed by atoms with Crippen molar-refractivity contribution >= 4 is 11.6 Å². The minimum atomic E-state index is -0.205. The number of amides is 1. The molecule has 4 heteroatoms. The van der Waals surface area contributed by atoms with E-state index >= 15 is 0 Å². The second kappa shape index (κ2) is 4.88. The quantitative estimate of drug-likeness (QED) is 0.923. The normalized spacial score (nSPS) is 20.0. The van der Waals surface area contributed by atoms with E-state index in [9.17, 15) is 4.79 Å². The van der Waals surface area contributed by atoms with Gasteiger partial charge in [0.2, 0.25) is 0 Å². The van der Waals surface area contributed by atoms with Crippen LogP contribution in [0.5, 0.6) is 0 Å². The van der Waals surface area contributed by atoms with Crippen molar-refractivity contribution in [2.75, 3.05) is 5.32 Å². The zero-order valence-corrected chi connectivity index (χ0v) is 12.0. The Labute approximate surface area is 129 Å². The Kier molecular flexibility index (Phi) is 2.87. The van der Waals surface area contributed by atoms with Crippen molar-refractivity contribution in [2.45, 2.75) is 25.0 Å². The number of hydrogen-bond donors (Lipinski definition) is 1. The van der Waals surface area contributed by atoms with Crippen LogP contribution in [0.15, 0.2) is 48.5 Å². The lowest BCUT2D eigenvalue weighted by Crippen LogP contribution is -2.44. The van der Waals surface area contributed by atoms with Crippen LogP contribution in [0.4, 0.5) is 5.69 Å². The second-order valence-corrected chi connectivity index (χ2v) is 5.77. The van der Waals surface area contributed by atoms with E-state index < -0.39 is 0 Å². The highest BCUT2D eigenvalue weighted by atomic mass is 16.2. The molecule has 2 aromatic rings. The van der Waals surface area contributed by atoms with Crippen LogP contribution in [0.3, 0.4) is 0 Å². The second-order valence-electron chi connectivity index (χ2n) is 5.77. The molecule has 4 nitrogen and oxygen atoms in total. The Balaban J connectivity index is 1.80. The largest absolute Gasteiger partial charge is 0.361 e. The number of nitriles is 1. The van der Waals surface area contributed by atoms with Gasteiger partial charge in [-0.1, -0.05) is 24.3 Å². The van der Waals surface area contributed by atoms with E-state index in [0.29, 0.717) is 11.6 Å². The van der Waals surface area contributed by atoms with Crippen molar-refractivity contribution in [3.63, 3.8) is 0 Å². The molecule has 2 aliphatic rings. The number of carbonyl (C=O) groups excluding carboxylic acids is 1. The van der Waals surface area contributed by atoms with Crippen LogP contribution < -0.4 is 5.32 Å². The summed E-state index contributed by atoms with van der Waals surface area (Å²) in [5.41, 5.74) is 3.15. The molecule has 1 saturated carbocycles. The highest BCUT2D eigenvalue weighted by Crippen LogP contribution is 2.40. The summed E-state index contributed by atoms with van der Waals surface area (Å²) in [4.78, 5) is 14.8. The van der Waals surface area contributed by atoms with Crippen LogP contribution in [-0.2, 0) is 0 Å². The third-order valence-electron chi connectivity index (χ3n) is 4.23. The Morgan fingerprint density at radius 3 is 2.73 bits per heavy atom. The molecule has 0 aromatic heterocycles. The van der Waals surface area contributed by atoms with Crippen LogP contribution >= 0.6 is 0 Å². The molecule has 0 bridgehead atoms. The van der Waals surface area contributed by atoms with Gasteiger partial charge in [0.15, 0.2) is 0 Å². The van der Waals surface area contributed by atoms with Crippen molar-refractivity contribution in [3.05, 3.63) is 65.2 Å². The molecule has 2 aromatic carbocycles. The fraction of sp³-hybridized carbons (Fsp3) is 0.222. The molecular weight excluding hydrogens is 274 g/mol. The molecule has 0 unspecified atom stereocenters. The van der Waals surface area contributed by atoms with E-state index in [1.807, 2.05) is 47.4 Å². The Morgan fingerprint density at radius 1 is 1.14 bits per heavy atom. The monoisotopic (exact) mass is 289 g/mol. The summed E-state index contributed by atoms with van der Waals surface area (Å²) in [6.45, 7) is 0. The zero-order chi connectivity index (χ0) is 15.1. The SMILES string of the molecule is N#Cc1cccc([C@@H]2Nc3ccccc3C(=O)N2C2CC2)c1. The number of para-hydroxylation sites is 1. The van der Waals surface area contributed by atoms with Crippen LogP contribution in [-0.4, -0.2) is 16.8 Å². The predicted molar refractivity (Wildman–Crippen MR) is 83.2 cm³/mol. The number of fused-ring (bicyclic) bond motifs is 1. The molecule has 1 amide bonds. The molecule has 0 saturated heterocycles. The van der Waals surface area contributed by atoms with Crippen molar-refractivity contribution in [3.8, 4) is 6.07 Å². The van der Waals surface area contributed by atoms with Gasteiger partial charge in [-0.3, -0.25) is 4.79 Å². The first-order chi connectivity index (χ1) is 10.8. The summed E-state index contributed by atoms with van der Waals surface area (Å²) in [5, 5.41) is 12.6. The number of carbonyl (C=O) groups is 1. The molecule has 108 valence electrons. The van der Waals surface area contributed by atoms with E-state index in [-0.39, 0.29) is 12.1 Å². The molecule has 1 N–H and O–H groups in total. The van der Waals surface area contributed by atoms with Crippen molar-refractivity contribution < 1.29 is 4.79 Å². The van der Waals surface area contributed by atoms with Gasteiger partial charge in [0.05, 0.1) is 17.2 Å². The zero-order valence-electron chi connectivity index (χ0n) is 12.0. The first kappa shape index (κ1) is 12.9. The van der Waals surface area contributed by atoms with E-state index in [1.54, 1.807) is 6.07 Å². The lowest BCUT2D eigenvalue weighted by atomic mass is 10.0. The van der Waals surface area contributed by atoms with Gasteiger partial charge in [0.1, 0.15) is 6.17 Å². The van der Waals surface area contributed by atoms with Gasteiger partial charge in [-0.15, -0.1) is 0 Å². The molecule has 0 radical (unpaired) electrons. The highest BCUT2D eigenvalue weighted by Gasteiger charge is 2.41. The summed E-state index contributed by atoms with van der Waals surface area (Å²) < 4.78 is 0. The molecule has 1 aliphatic carbocycles. The smallest absolute Gasteiger partial charge is 0.258 e. The van der Waals surface area contributed by atoms with Gasteiger partial charge < -0.3 is 10.2 Å². The third-order valence-corrected chi connectivity index (χ3v) is 4.23. The van der Waals surface area contributed by atoms with Gasteiger partial charge in [0.25, 0.3) is 5.91 Å². The molecule has 1 atom stereocenters. The van der Waals surface area contributed by atoms with Crippen LogP contribution in [0, 0.1) is 11.3 Å². The van der Waals surface area contributed by atoms with E-state index in [2.05, 4.69) is 11.4 Å². The van der Waals surface area contributed by atoms with Gasteiger partial charge >= 0.3 is 0 Å². The molecular formula is C18H15N3O. The fourth-order valence-corrected chi connectivity index (χ4v) is 3.02. The number of nitrogens with zero attached hydrogens (tertiary/aromatic N) is 2. The van der Waals surface area contributed by atoms with E-state index in [4.69, 9.17) is 5.26 Å². The summed E-state index contributed by atoms with van der Waals surface area (Å²) in [6, 6.07) is 17.5. The topological polar surface area (TPSA) is 56.1 Å². The predicted octanol–water partition coefficient (Wildman–Crippen LogP) is 3.29. The number of anilines is 1. The van der Waals surface area contributed by atoms with Crippen LogP contribution in [0.2, 0.25) is 0 Å². The van der Waals surface area contributed by atoms with Gasteiger partial charge in [0, 0.05) is 11.7 Å². The molecule has 1 heterocycles. The summed E-state index contributed by atoms with van der Waals surface area (Å²) in [6.07, 6.45) is 1.89. The van der Waals surface area contributed by atoms with E-state index in [1.165, 1.54) is 0 Å². The summed E-state index contributed by atoms with van der Waals surface area (Å²) in [7, 11) is 0. The van der Waals surface area contributed by atoms with Gasteiger partial charge in [-0.2, -0.15) is 5.26 Å². The molecule has 22 heavy (non-hydrogen) atoms. The molecule has 0 spiro atoms. The average molecular weight is 289 g/mol. The lowest BCUT2D eigenvalue weighted by molar-refractivity contribution is 0.0666. The highest BCUT2D eigenvalue weighted by molar-refractivity contribution is 6.02. The minimum Gasteiger partial charge on any atom is -0.361 e. The van der Waals surface area contributed by atoms with E-state index in [0.717, 1.165) is 29.7 Å². The Morgan fingerprint density at radius 2 is 1.95 bits per heavy atom. The Hall–Kier alpha value is -2.80. The maximum atomic E-state index is 12.9. The lowest BCUT2D eigenvalue weighted by Gasteiger charge is -2.38. The number of nitrogens with one attached hydrogen (secondary N) is 1. The van der Waals surface area contributed by atoms with Crippen molar-refractivity contribution in [2.24, 2.45) is 0 Å². The third kappa shape index (κ3) is 2.03. The standard InChI is InChI=1S/C18H15N3O/c19-11-12-4-3-5-13(10-12)17-20-16-7-2-1-6-15(16)18(22)21(17)14-8-9-14/h1-7,10,14,17,20H,8-9H2/t17-/m1/s1. The average Bonchev–Trinajstić information content (AvgIpc) is 3.39. The van der Waals surface area contributed by atoms with Gasteiger partial charge in [-0.05, 0) is 42.7 Å². The summed E-state index contributed by atoms with van der Waals surface area (Å²) in [5.74, 6) is 0.0733. The van der Waals surface area contributed by atoms with Crippen molar-refractivity contribution in [1.82, 2.24) is 4.90 Å². The maximum absolute atomic E-state index is 12.9. The molecule has 1 fully saturated rings. The van der Waals surface area contributed by atoms with Gasteiger partial charge in [-0.25, -0.2) is 0 Å².